The van der Waals surface area contributed by atoms with Gasteiger partial charge in [-0.2, -0.15) is 4.68 Å². The zero-order chi connectivity index (χ0) is 16.7. The fraction of sp³-hybridized carbons (Fsp3) is 0.250. The summed E-state index contributed by atoms with van der Waals surface area (Å²) in [5.74, 6) is 0.428. The highest BCUT2D eigenvalue weighted by Gasteiger charge is 2.45. The molecule has 1 aliphatic rings. The molecule has 2 heterocycles. The number of nitrogens with zero attached hydrogens (tertiary/aromatic N) is 3. The Hall–Kier alpha value is -2.74. The quantitative estimate of drug-likeness (QED) is 0.760. The van der Waals surface area contributed by atoms with E-state index in [2.05, 4.69) is 39.2 Å². The van der Waals surface area contributed by atoms with Crippen LogP contribution in [0.15, 0.2) is 40.5 Å². The predicted molar refractivity (Wildman–Crippen MR) is 90.5 cm³/mol. The third kappa shape index (κ3) is 2.65. The van der Waals surface area contributed by atoms with Crippen LogP contribution in [0.4, 0.5) is 5.69 Å². The lowest BCUT2D eigenvalue weighted by molar-refractivity contribution is -0.117. The lowest BCUT2D eigenvalue weighted by Gasteiger charge is -2.06. The first-order valence-corrected chi connectivity index (χ1v) is 8.47. The zero-order valence-electron chi connectivity index (χ0n) is 12.9. The average molecular weight is 341 g/mol. The summed E-state index contributed by atoms with van der Waals surface area (Å²) in [5, 5.41) is 14.4. The van der Waals surface area contributed by atoms with Crippen molar-refractivity contribution in [2.45, 2.75) is 19.3 Å². The van der Waals surface area contributed by atoms with E-state index in [0.29, 0.717) is 17.3 Å². The van der Waals surface area contributed by atoms with Crippen LogP contribution >= 0.6 is 11.3 Å². The number of benzene rings is 1. The highest BCUT2D eigenvalue weighted by atomic mass is 32.1. The van der Waals surface area contributed by atoms with Gasteiger partial charge in [0.2, 0.25) is 5.91 Å². The molecule has 4 rings (SSSR count). The maximum atomic E-state index is 12.4. The minimum atomic E-state index is -0.404. The summed E-state index contributed by atoms with van der Waals surface area (Å²) in [6.45, 7) is 2.09. The van der Waals surface area contributed by atoms with E-state index in [9.17, 15) is 9.59 Å². The summed E-state index contributed by atoms with van der Waals surface area (Å²) >= 11 is 1.72. The van der Waals surface area contributed by atoms with Crippen LogP contribution in [0.5, 0.6) is 0 Å². The number of anilines is 1. The number of aromatic nitrogens is 4. The number of amides is 1. The zero-order valence-corrected chi connectivity index (χ0v) is 13.7. The van der Waals surface area contributed by atoms with Crippen molar-refractivity contribution in [1.29, 1.82) is 0 Å². The molecule has 0 bridgehead atoms. The number of rotatable bonds is 4. The van der Waals surface area contributed by atoms with Gasteiger partial charge >= 0.3 is 5.69 Å². The standard InChI is InChI=1S/C16H15N5O2S/c1-9-6-7-24-14(9)12-8-13(12)15(22)17-10-2-4-11(5-3-10)21-16(23)18-19-20-21/h2-7,12-13H,8H2,1H3,(H,17,22)(H,18,20,23). The second-order valence-electron chi connectivity index (χ2n) is 5.87. The van der Waals surface area contributed by atoms with Crippen molar-refractivity contribution < 1.29 is 4.79 Å². The molecule has 1 aromatic carbocycles. The van der Waals surface area contributed by atoms with Gasteiger partial charge in [-0.25, -0.2) is 9.89 Å². The van der Waals surface area contributed by atoms with Crippen LogP contribution in [0.2, 0.25) is 0 Å². The molecule has 24 heavy (non-hydrogen) atoms. The molecule has 2 atom stereocenters. The van der Waals surface area contributed by atoms with Crippen LogP contribution in [0, 0.1) is 12.8 Å². The normalized spacial score (nSPS) is 19.2. The molecule has 1 fully saturated rings. The largest absolute Gasteiger partial charge is 0.365 e. The summed E-state index contributed by atoms with van der Waals surface area (Å²) in [6.07, 6.45) is 0.902. The fourth-order valence-electron chi connectivity index (χ4n) is 2.83. The number of tetrazole rings is 1. The van der Waals surface area contributed by atoms with E-state index in [1.54, 1.807) is 35.6 Å². The molecular weight excluding hydrogens is 326 g/mol. The summed E-state index contributed by atoms with van der Waals surface area (Å²) in [7, 11) is 0. The fourth-order valence-corrected chi connectivity index (χ4v) is 3.93. The SMILES string of the molecule is Cc1ccsc1C1CC1C(=O)Nc1ccc(-n2nn[nH]c2=O)cc1. The Labute approximate surface area is 141 Å². The Morgan fingerprint density at radius 3 is 2.75 bits per heavy atom. The maximum Gasteiger partial charge on any atom is 0.365 e. The molecule has 1 amide bonds. The minimum absolute atomic E-state index is 0.0409. The molecule has 1 saturated carbocycles. The summed E-state index contributed by atoms with van der Waals surface area (Å²) in [5.41, 5.74) is 2.15. The number of nitrogens with one attached hydrogen (secondary N) is 2. The third-order valence-electron chi connectivity index (χ3n) is 4.22. The lowest BCUT2D eigenvalue weighted by Crippen LogP contribution is -2.17. The smallest absolute Gasteiger partial charge is 0.326 e. The van der Waals surface area contributed by atoms with E-state index in [1.165, 1.54) is 10.4 Å². The number of H-pyrrole nitrogens is 1. The van der Waals surface area contributed by atoms with Crippen molar-refractivity contribution in [1.82, 2.24) is 20.2 Å². The van der Waals surface area contributed by atoms with Crippen molar-refractivity contribution in [3.8, 4) is 5.69 Å². The Kier molecular flexibility index (Phi) is 3.53. The molecule has 3 aromatic rings. The number of hydrogen-bond acceptors (Lipinski definition) is 5. The van der Waals surface area contributed by atoms with Crippen molar-refractivity contribution in [2.75, 3.05) is 5.32 Å². The number of hydrogen-bond donors (Lipinski definition) is 2. The Balaban J connectivity index is 1.43. The van der Waals surface area contributed by atoms with Gasteiger partial charge < -0.3 is 5.32 Å². The topological polar surface area (TPSA) is 92.7 Å². The van der Waals surface area contributed by atoms with Gasteiger partial charge in [0.1, 0.15) is 0 Å². The average Bonchev–Trinajstić information content (AvgIpc) is 3.07. The Morgan fingerprint density at radius 2 is 2.12 bits per heavy atom. The van der Waals surface area contributed by atoms with Crippen molar-refractivity contribution in [3.05, 3.63) is 56.6 Å². The number of thiophene rings is 1. The highest BCUT2D eigenvalue weighted by molar-refractivity contribution is 7.10. The van der Waals surface area contributed by atoms with Crippen LogP contribution in [0.25, 0.3) is 5.69 Å². The Morgan fingerprint density at radius 1 is 1.33 bits per heavy atom. The van der Waals surface area contributed by atoms with E-state index < -0.39 is 5.69 Å². The Bertz CT molecular complexity index is 940. The van der Waals surface area contributed by atoms with Crippen molar-refractivity contribution in [3.63, 3.8) is 0 Å². The van der Waals surface area contributed by atoms with Gasteiger partial charge in [0.15, 0.2) is 0 Å². The van der Waals surface area contributed by atoms with Crippen LogP contribution in [0.1, 0.15) is 22.8 Å². The van der Waals surface area contributed by atoms with Gasteiger partial charge in [-0.1, -0.05) is 0 Å². The number of aryl methyl sites for hydroxylation is 1. The monoisotopic (exact) mass is 341 g/mol. The summed E-state index contributed by atoms with van der Waals surface area (Å²) in [6, 6.07) is 9.03. The maximum absolute atomic E-state index is 12.4. The molecule has 2 unspecified atom stereocenters. The number of carbonyl (C=O) groups excluding carboxylic acids is 1. The van der Waals surface area contributed by atoms with Gasteiger partial charge in [0.25, 0.3) is 0 Å². The number of carbonyl (C=O) groups is 1. The van der Waals surface area contributed by atoms with Gasteiger partial charge in [-0.05, 0) is 65.0 Å². The number of aromatic amines is 1. The van der Waals surface area contributed by atoms with Crippen LogP contribution in [-0.2, 0) is 4.79 Å². The predicted octanol–water partition coefficient (Wildman–Crippen LogP) is 2.07. The molecule has 0 aliphatic heterocycles. The minimum Gasteiger partial charge on any atom is -0.326 e. The summed E-state index contributed by atoms with van der Waals surface area (Å²) in [4.78, 5) is 25.2. The second kappa shape index (κ2) is 5.72. The molecule has 0 radical (unpaired) electrons. The van der Waals surface area contributed by atoms with Gasteiger partial charge in [-0.15, -0.1) is 11.3 Å². The molecule has 2 aromatic heterocycles. The second-order valence-corrected chi connectivity index (χ2v) is 6.82. The molecule has 1 aliphatic carbocycles. The van der Waals surface area contributed by atoms with Crippen molar-refractivity contribution >= 4 is 22.9 Å². The molecular formula is C16H15N5O2S. The van der Waals surface area contributed by atoms with E-state index in [4.69, 9.17) is 0 Å². The van der Waals surface area contributed by atoms with Crippen LogP contribution in [-0.4, -0.2) is 26.1 Å². The first-order chi connectivity index (χ1) is 11.6. The lowest BCUT2D eigenvalue weighted by atomic mass is 10.2. The third-order valence-corrected chi connectivity index (χ3v) is 5.37. The molecule has 122 valence electrons. The highest BCUT2D eigenvalue weighted by Crippen LogP contribution is 2.50. The van der Waals surface area contributed by atoms with Crippen LogP contribution < -0.4 is 11.0 Å². The van der Waals surface area contributed by atoms with E-state index in [-0.39, 0.29) is 11.8 Å². The first-order valence-electron chi connectivity index (χ1n) is 7.59. The molecule has 0 spiro atoms. The van der Waals surface area contributed by atoms with Crippen LogP contribution in [0.3, 0.4) is 0 Å². The van der Waals surface area contributed by atoms with E-state index >= 15 is 0 Å². The van der Waals surface area contributed by atoms with E-state index in [1.807, 2.05) is 0 Å². The molecule has 0 saturated heterocycles. The molecule has 2 N–H and O–H groups in total. The van der Waals surface area contributed by atoms with Gasteiger partial charge in [0, 0.05) is 22.4 Å². The first kappa shape index (κ1) is 14.8. The summed E-state index contributed by atoms with van der Waals surface area (Å²) < 4.78 is 1.15. The van der Waals surface area contributed by atoms with E-state index in [0.717, 1.165) is 11.1 Å². The molecule has 7 nitrogen and oxygen atoms in total. The van der Waals surface area contributed by atoms with Gasteiger partial charge in [0.05, 0.1) is 5.69 Å². The molecule has 8 heteroatoms. The van der Waals surface area contributed by atoms with Gasteiger partial charge in [-0.3, -0.25) is 4.79 Å². The van der Waals surface area contributed by atoms with Crippen molar-refractivity contribution in [2.24, 2.45) is 5.92 Å².